The van der Waals surface area contributed by atoms with E-state index in [-0.39, 0.29) is 6.04 Å². The molecular weight excluding hydrogens is 358 g/mol. The van der Waals surface area contributed by atoms with Crippen molar-refractivity contribution in [2.24, 2.45) is 0 Å². The molecule has 4 aromatic rings. The van der Waals surface area contributed by atoms with Crippen molar-refractivity contribution >= 4 is 11.3 Å². The molecule has 4 rings (SSSR count). The Bertz CT molecular complexity index is 1020. The van der Waals surface area contributed by atoms with Gasteiger partial charge in [-0.3, -0.25) is 0 Å². The topological polar surface area (TPSA) is 68.7 Å². The lowest BCUT2D eigenvalue weighted by molar-refractivity contribution is -0.703. The maximum absolute atomic E-state index is 5.88. The Balaban J connectivity index is 1.53. The van der Waals surface area contributed by atoms with Gasteiger partial charge in [-0.15, -0.1) is 21.5 Å². The number of rotatable bonds is 6. The Hall–Kier alpha value is -2.70. The lowest BCUT2D eigenvalue weighted by atomic mass is 10.0. The normalized spacial score (nSPS) is 12.4. The third-order valence-electron chi connectivity index (χ3n) is 4.55. The van der Waals surface area contributed by atoms with Gasteiger partial charge in [-0.1, -0.05) is 35.9 Å². The zero-order valence-electron chi connectivity index (χ0n) is 15.6. The van der Waals surface area contributed by atoms with Crippen molar-refractivity contribution in [3.63, 3.8) is 0 Å². The Morgan fingerprint density at radius 1 is 1.04 bits per heavy atom. The molecule has 0 spiro atoms. The number of nitrogens with zero attached hydrogens (tertiary/aromatic N) is 2. The molecule has 0 bridgehead atoms. The van der Waals surface area contributed by atoms with Crippen molar-refractivity contribution in [3.05, 3.63) is 81.3 Å². The molecule has 1 aromatic carbocycles. The van der Waals surface area contributed by atoms with E-state index in [1.54, 1.807) is 11.3 Å². The Labute approximate surface area is 162 Å². The van der Waals surface area contributed by atoms with Gasteiger partial charge in [0, 0.05) is 5.56 Å². The zero-order valence-corrected chi connectivity index (χ0v) is 16.4. The number of furan rings is 1. The highest BCUT2D eigenvalue weighted by Gasteiger charge is 2.21. The number of benzene rings is 1. The maximum atomic E-state index is 5.88. The molecule has 6 heteroatoms. The lowest BCUT2D eigenvalue weighted by Gasteiger charge is -2.14. The largest absolute Gasteiger partial charge is 0.466 e. The second kappa shape index (κ2) is 7.50. The molecule has 3 heterocycles. The Morgan fingerprint density at radius 3 is 2.52 bits per heavy atom. The molecule has 0 aliphatic heterocycles. The SMILES string of the molecule is Cc1ccc([C@H]([NH2+]Cc2nnc(-c3cc(C)oc3C)o2)c2cccs2)cc1. The fourth-order valence-corrected chi connectivity index (χ4v) is 4.02. The summed E-state index contributed by atoms with van der Waals surface area (Å²) >= 11 is 1.76. The van der Waals surface area contributed by atoms with E-state index < -0.39 is 0 Å². The molecule has 5 nitrogen and oxygen atoms in total. The van der Waals surface area contributed by atoms with Crippen molar-refractivity contribution in [1.82, 2.24) is 10.2 Å². The molecule has 0 amide bonds. The fourth-order valence-electron chi connectivity index (χ4n) is 3.17. The van der Waals surface area contributed by atoms with E-state index in [4.69, 9.17) is 8.83 Å². The molecule has 2 N–H and O–H groups in total. The van der Waals surface area contributed by atoms with E-state index in [0.29, 0.717) is 18.3 Å². The molecule has 0 saturated carbocycles. The van der Waals surface area contributed by atoms with E-state index in [1.165, 1.54) is 16.0 Å². The third kappa shape index (κ3) is 3.86. The van der Waals surface area contributed by atoms with Crippen LogP contribution in [0.25, 0.3) is 11.5 Å². The smallest absolute Gasteiger partial charge is 0.271 e. The molecular formula is C21H22N3O2S+. The summed E-state index contributed by atoms with van der Waals surface area (Å²) in [5.41, 5.74) is 3.39. The average Bonchev–Trinajstić information content (AvgIpc) is 3.38. The number of aromatic nitrogens is 2. The fraction of sp³-hybridized carbons (Fsp3) is 0.238. The van der Waals surface area contributed by atoms with Gasteiger partial charge in [0.2, 0.25) is 0 Å². The van der Waals surface area contributed by atoms with Crippen molar-refractivity contribution in [1.29, 1.82) is 0 Å². The molecule has 0 aliphatic rings. The van der Waals surface area contributed by atoms with Gasteiger partial charge in [0.15, 0.2) is 6.54 Å². The van der Waals surface area contributed by atoms with Crippen LogP contribution >= 0.6 is 11.3 Å². The number of thiophene rings is 1. The van der Waals surface area contributed by atoms with Crippen molar-refractivity contribution < 1.29 is 14.2 Å². The van der Waals surface area contributed by atoms with Gasteiger partial charge in [-0.05, 0) is 38.3 Å². The zero-order chi connectivity index (χ0) is 18.8. The van der Waals surface area contributed by atoms with Gasteiger partial charge in [-0.25, -0.2) is 0 Å². The van der Waals surface area contributed by atoms with E-state index >= 15 is 0 Å². The molecule has 27 heavy (non-hydrogen) atoms. The first-order valence-electron chi connectivity index (χ1n) is 8.93. The number of hydrogen-bond donors (Lipinski definition) is 1. The van der Waals surface area contributed by atoms with Gasteiger partial charge >= 0.3 is 0 Å². The first kappa shape index (κ1) is 17.7. The summed E-state index contributed by atoms with van der Waals surface area (Å²) < 4.78 is 11.4. The van der Waals surface area contributed by atoms with E-state index in [1.807, 2.05) is 19.9 Å². The summed E-state index contributed by atoms with van der Waals surface area (Å²) in [7, 11) is 0. The molecule has 1 atom stereocenters. The number of hydrogen-bond acceptors (Lipinski definition) is 5. The molecule has 3 aromatic heterocycles. The van der Waals surface area contributed by atoms with Crippen LogP contribution in [0.4, 0.5) is 0 Å². The predicted molar refractivity (Wildman–Crippen MR) is 104 cm³/mol. The second-order valence-corrected chi connectivity index (χ2v) is 7.65. The van der Waals surface area contributed by atoms with Crippen LogP contribution in [0.5, 0.6) is 0 Å². The Kier molecular flexibility index (Phi) is 4.92. The minimum atomic E-state index is 0.207. The van der Waals surface area contributed by atoms with Crippen LogP contribution in [-0.4, -0.2) is 10.2 Å². The van der Waals surface area contributed by atoms with Gasteiger partial charge in [0.25, 0.3) is 11.8 Å². The van der Waals surface area contributed by atoms with E-state index in [9.17, 15) is 0 Å². The molecule has 0 fully saturated rings. The summed E-state index contributed by atoms with van der Waals surface area (Å²) in [6.07, 6.45) is 0. The lowest BCUT2D eigenvalue weighted by Crippen LogP contribution is -2.83. The van der Waals surface area contributed by atoms with Crippen LogP contribution in [-0.2, 0) is 6.54 Å². The standard InChI is InChI=1S/C21H21N3O2S/c1-13-6-8-16(9-7-13)20(18-5-4-10-27-18)22-12-19-23-24-21(26-19)17-11-14(2)25-15(17)3/h4-11,20,22H,12H2,1-3H3/p+1/t20-/m0/s1. The summed E-state index contributed by atoms with van der Waals surface area (Å²) in [6, 6.07) is 15.1. The minimum absolute atomic E-state index is 0.207. The van der Waals surface area contributed by atoms with E-state index in [0.717, 1.165) is 17.1 Å². The van der Waals surface area contributed by atoms with Crippen LogP contribution in [0.15, 0.2) is 56.7 Å². The number of aryl methyl sites for hydroxylation is 3. The summed E-state index contributed by atoms with van der Waals surface area (Å²) in [5.74, 6) is 2.75. The maximum Gasteiger partial charge on any atom is 0.271 e. The number of quaternary nitrogens is 1. The van der Waals surface area contributed by atoms with Gasteiger partial charge in [0.1, 0.15) is 17.6 Å². The highest BCUT2D eigenvalue weighted by atomic mass is 32.1. The monoisotopic (exact) mass is 380 g/mol. The molecule has 0 unspecified atom stereocenters. The van der Waals surface area contributed by atoms with Crippen molar-refractivity contribution in [2.75, 3.05) is 0 Å². The average molecular weight is 380 g/mol. The first-order valence-corrected chi connectivity index (χ1v) is 9.81. The van der Waals surface area contributed by atoms with Crippen molar-refractivity contribution in [3.8, 4) is 11.5 Å². The minimum Gasteiger partial charge on any atom is -0.466 e. The van der Waals surface area contributed by atoms with Crippen LogP contribution in [0.2, 0.25) is 0 Å². The molecule has 138 valence electrons. The van der Waals surface area contributed by atoms with Gasteiger partial charge < -0.3 is 14.2 Å². The second-order valence-electron chi connectivity index (χ2n) is 6.67. The van der Waals surface area contributed by atoms with Crippen LogP contribution < -0.4 is 5.32 Å². The van der Waals surface area contributed by atoms with Crippen LogP contribution in [0, 0.1) is 20.8 Å². The highest BCUT2D eigenvalue weighted by molar-refractivity contribution is 7.10. The summed E-state index contributed by atoms with van der Waals surface area (Å²) in [6.45, 7) is 6.53. The van der Waals surface area contributed by atoms with Gasteiger partial charge in [0.05, 0.1) is 10.4 Å². The summed E-state index contributed by atoms with van der Waals surface area (Å²) in [4.78, 5) is 1.31. The quantitative estimate of drug-likeness (QED) is 0.545. The third-order valence-corrected chi connectivity index (χ3v) is 5.51. The Morgan fingerprint density at radius 2 is 1.85 bits per heavy atom. The predicted octanol–water partition coefficient (Wildman–Crippen LogP) is 4.17. The van der Waals surface area contributed by atoms with E-state index in [2.05, 4.69) is 64.2 Å². The number of nitrogens with two attached hydrogens (primary N) is 1. The molecule has 0 aliphatic carbocycles. The van der Waals surface area contributed by atoms with Crippen molar-refractivity contribution in [2.45, 2.75) is 33.4 Å². The van der Waals surface area contributed by atoms with Gasteiger partial charge in [-0.2, -0.15) is 0 Å². The van der Waals surface area contributed by atoms with Crippen LogP contribution in [0.3, 0.4) is 0 Å². The summed E-state index contributed by atoms with van der Waals surface area (Å²) in [5, 5.41) is 12.8. The molecule has 0 radical (unpaired) electrons. The first-order chi connectivity index (χ1) is 13.1. The highest BCUT2D eigenvalue weighted by Crippen LogP contribution is 2.26. The van der Waals surface area contributed by atoms with Crippen LogP contribution in [0.1, 0.15) is 39.5 Å². The molecule has 0 saturated heterocycles.